The van der Waals surface area contributed by atoms with E-state index >= 15 is 0 Å². The summed E-state index contributed by atoms with van der Waals surface area (Å²) < 4.78 is 5.34. The minimum Gasteiger partial charge on any atom is -0.354 e. The maximum Gasteiger partial charge on any atom is 0.234 e. The summed E-state index contributed by atoms with van der Waals surface area (Å²) in [6, 6.07) is 10.2. The number of rotatable bonds is 3. The molecular formula is C15H15N3O. The highest BCUT2D eigenvalue weighted by molar-refractivity contribution is 5.97. The van der Waals surface area contributed by atoms with Gasteiger partial charge in [-0.25, -0.2) is 0 Å². The van der Waals surface area contributed by atoms with Crippen molar-refractivity contribution >= 4 is 16.7 Å². The Hall–Kier alpha value is -2.36. The summed E-state index contributed by atoms with van der Waals surface area (Å²) in [5.41, 5.74) is 2.70. The van der Waals surface area contributed by atoms with Crippen LogP contribution < -0.4 is 5.32 Å². The molecule has 0 radical (unpaired) electrons. The Morgan fingerprint density at radius 1 is 1.21 bits per heavy atom. The van der Waals surface area contributed by atoms with Crippen molar-refractivity contribution < 1.29 is 4.52 Å². The average molecular weight is 253 g/mol. The molecule has 4 nitrogen and oxygen atoms in total. The highest BCUT2D eigenvalue weighted by Gasteiger charge is 2.17. The SMILES string of the molecule is CCNc1onc(C)c1-c1nccc2ccccc12. The third-order valence-corrected chi connectivity index (χ3v) is 3.11. The molecule has 0 spiro atoms. The van der Waals surface area contributed by atoms with Crippen molar-refractivity contribution in [3.63, 3.8) is 0 Å². The van der Waals surface area contributed by atoms with Crippen molar-refractivity contribution in [1.82, 2.24) is 10.1 Å². The Kier molecular flexibility index (Phi) is 2.91. The molecule has 0 aliphatic carbocycles. The summed E-state index contributed by atoms with van der Waals surface area (Å²) in [6.07, 6.45) is 1.82. The molecule has 0 unspecified atom stereocenters. The molecule has 4 heteroatoms. The smallest absolute Gasteiger partial charge is 0.234 e. The number of nitrogens with zero attached hydrogens (tertiary/aromatic N) is 2. The largest absolute Gasteiger partial charge is 0.354 e. The first-order valence-corrected chi connectivity index (χ1v) is 6.35. The maximum atomic E-state index is 5.34. The Balaban J connectivity index is 2.27. The van der Waals surface area contributed by atoms with Crippen LogP contribution in [0.3, 0.4) is 0 Å². The Morgan fingerprint density at radius 2 is 2.05 bits per heavy atom. The summed E-state index contributed by atoms with van der Waals surface area (Å²) in [4.78, 5) is 4.51. The van der Waals surface area contributed by atoms with E-state index in [4.69, 9.17) is 4.52 Å². The molecule has 19 heavy (non-hydrogen) atoms. The van der Waals surface area contributed by atoms with Gasteiger partial charge in [-0.15, -0.1) is 0 Å². The van der Waals surface area contributed by atoms with Gasteiger partial charge in [0.05, 0.1) is 17.0 Å². The molecule has 1 N–H and O–H groups in total. The van der Waals surface area contributed by atoms with Crippen molar-refractivity contribution in [3.05, 3.63) is 42.2 Å². The van der Waals surface area contributed by atoms with E-state index in [1.165, 1.54) is 0 Å². The summed E-state index contributed by atoms with van der Waals surface area (Å²) in [6.45, 7) is 4.74. The van der Waals surface area contributed by atoms with Crippen LogP contribution in [-0.4, -0.2) is 16.7 Å². The summed E-state index contributed by atoms with van der Waals surface area (Å²) in [5, 5.41) is 9.50. The second-order valence-corrected chi connectivity index (χ2v) is 4.38. The topological polar surface area (TPSA) is 51.0 Å². The molecule has 0 atom stereocenters. The van der Waals surface area contributed by atoms with E-state index in [2.05, 4.69) is 27.6 Å². The minimum absolute atomic E-state index is 0.684. The van der Waals surface area contributed by atoms with E-state index in [0.717, 1.165) is 34.3 Å². The number of pyridine rings is 1. The van der Waals surface area contributed by atoms with Gasteiger partial charge in [0.15, 0.2) is 0 Å². The lowest BCUT2D eigenvalue weighted by Gasteiger charge is -2.06. The molecule has 0 saturated carbocycles. The van der Waals surface area contributed by atoms with Crippen molar-refractivity contribution in [2.24, 2.45) is 0 Å². The summed E-state index contributed by atoms with van der Waals surface area (Å²) in [5.74, 6) is 0.684. The van der Waals surface area contributed by atoms with Gasteiger partial charge in [-0.3, -0.25) is 4.98 Å². The third-order valence-electron chi connectivity index (χ3n) is 3.11. The zero-order chi connectivity index (χ0) is 13.2. The molecule has 0 aliphatic heterocycles. The summed E-state index contributed by atoms with van der Waals surface area (Å²) >= 11 is 0. The molecular weight excluding hydrogens is 238 g/mol. The number of nitrogens with one attached hydrogen (secondary N) is 1. The van der Waals surface area contributed by atoms with Gasteiger partial charge < -0.3 is 9.84 Å². The van der Waals surface area contributed by atoms with E-state index in [1.54, 1.807) is 0 Å². The number of hydrogen-bond acceptors (Lipinski definition) is 4. The first-order chi connectivity index (χ1) is 9.31. The molecule has 0 aliphatic rings. The lowest BCUT2D eigenvalue weighted by Crippen LogP contribution is -1.97. The van der Waals surface area contributed by atoms with Crippen molar-refractivity contribution in [1.29, 1.82) is 0 Å². The number of hydrogen-bond donors (Lipinski definition) is 1. The van der Waals surface area contributed by atoms with E-state index in [-0.39, 0.29) is 0 Å². The molecule has 2 aromatic heterocycles. The quantitative estimate of drug-likeness (QED) is 0.774. The third kappa shape index (κ3) is 1.95. The van der Waals surface area contributed by atoms with Crippen LogP contribution in [0.15, 0.2) is 41.1 Å². The monoisotopic (exact) mass is 253 g/mol. The predicted molar refractivity (Wildman–Crippen MR) is 76.1 cm³/mol. The van der Waals surface area contributed by atoms with Crippen LogP contribution in [0.25, 0.3) is 22.0 Å². The Bertz CT molecular complexity index is 713. The molecule has 1 aromatic carbocycles. The predicted octanol–water partition coefficient (Wildman–Crippen LogP) is 3.63. The van der Waals surface area contributed by atoms with Crippen LogP contribution >= 0.6 is 0 Å². The molecule has 3 rings (SSSR count). The molecule has 96 valence electrons. The van der Waals surface area contributed by atoms with E-state index < -0.39 is 0 Å². The van der Waals surface area contributed by atoms with Crippen LogP contribution in [0, 0.1) is 6.92 Å². The standard InChI is InChI=1S/C15H15N3O/c1-3-16-15-13(10(2)18-19-15)14-12-7-5-4-6-11(12)8-9-17-14/h4-9,16H,3H2,1-2H3. The number of anilines is 1. The van der Waals surface area contributed by atoms with Gasteiger partial charge >= 0.3 is 0 Å². The maximum absolute atomic E-state index is 5.34. The van der Waals surface area contributed by atoms with Crippen molar-refractivity contribution in [3.8, 4) is 11.3 Å². The van der Waals surface area contributed by atoms with Crippen molar-refractivity contribution in [2.75, 3.05) is 11.9 Å². The van der Waals surface area contributed by atoms with Crippen LogP contribution in [-0.2, 0) is 0 Å². The fourth-order valence-corrected chi connectivity index (χ4v) is 2.25. The lowest BCUT2D eigenvalue weighted by molar-refractivity contribution is 0.427. The molecule has 2 heterocycles. The lowest BCUT2D eigenvalue weighted by atomic mass is 10.0. The number of aromatic nitrogens is 2. The summed E-state index contributed by atoms with van der Waals surface area (Å²) in [7, 11) is 0. The zero-order valence-electron chi connectivity index (χ0n) is 11.0. The number of benzene rings is 1. The molecule has 0 saturated heterocycles. The van der Waals surface area contributed by atoms with Crippen LogP contribution in [0.5, 0.6) is 0 Å². The highest BCUT2D eigenvalue weighted by Crippen LogP contribution is 2.34. The van der Waals surface area contributed by atoms with Crippen molar-refractivity contribution in [2.45, 2.75) is 13.8 Å². The van der Waals surface area contributed by atoms with E-state index in [9.17, 15) is 0 Å². The number of fused-ring (bicyclic) bond motifs is 1. The van der Waals surface area contributed by atoms with Crippen LogP contribution in [0.4, 0.5) is 5.88 Å². The van der Waals surface area contributed by atoms with Crippen LogP contribution in [0.1, 0.15) is 12.6 Å². The van der Waals surface area contributed by atoms with Gasteiger partial charge in [-0.2, -0.15) is 0 Å². The Morgan fingerprint density at radius 3 is 2.89 bits per heavy atom. The fraction of sp³-hybridized carbons (Fsp3) is 0.200. The fourth-order valence-electron chi connectivity index (χ4n) is 2.25. The van der Waals surface area contributed by atoms with E-state index in [0.29, 0.717) is 5.88 Å². The first-order valence-electron chi connectivity index (χ1n) is 6.35. The van der Waals surface area contributed by atoms with Gasteiger partial charge in [0, 0.05) is 18.1 Å². The van der Waals surface area contributed by atoms with E-state index in [1.807, 2.05) is 38.2 Å². The Labute approximate surface area is 111 Å². The number of aryl methyl sites for hydroxylation is 1. The van der Waals surface area contributed by atoms with Crippen LogP contribution in [0.2, 0.25) is 0 Å². The first kappa shape index (κ1) is 11.7. The van der Waals surface area contributed by atoms with Gasteiger partial charge in [0.2, 0.25) is 5.88 Å². The second-order valence-electron chi connectivity index (χ2n) is 4.38. The average Bonchev–Trinajstić information content (AvgIpc) is 2.80. The van der Waals surface area contributed by atoms with Gasteiger partial charge in [-0.1, -0.05) is 29.4 Å². The zero-order valence-corrected chi connectivity index (χ0v) is 11.0. The molecule has 0 fully saturated rings. The van der Waals surface area contributed by atoms with Gasteiger partial charge in [0.25, 0.3) is 0 Å². The minimum atomic E-state index is 0.684. The molecule has 0 amide bonds. The highest BCUT2D eigenvalue weighted by atomic mass is 16.5. The molecule has 3 aromatic rings. The normalized spacial score (nSPS) is 10.8. The van der Waals surface area contributed by atoms with Gasteiger partial charge in [0.1, 0.15) is 0 Å². The van der Waals surface area contributed by atoms with Gasteiger partial charge in [-0.05, 0) is 25.3 Å². The molecule has 0 bridgehead atoms. The second kappa shape index (κ2) is 4.72.